The molecular weight excluding hydrogens is 314 g/mol. The van der Waals surface area contributed by atoms with Gasteiger partial charge in [0.1, 0.15) is 17.9 Å². The number of rotatable bonds is 5. The Hall–Kier alpha value is -3.14. The predicted molar refractivity (Wildman–Crippen MR) is 96.9 cm³/mol. The number of pyridine rings is 1. The van der Waals surface area contributed by atoms with Crippen molar-refractivity contribution in [1.29, 1.82) is 0 Å². The van der Waals surface area contributed by atoms with Gasteiger partial charge < -0.3 is 9.84 Å². The Morgan fingerprint density at radius 1 is 1.00 bits per heavy atom. The molecule has 0 radical (unpaired) electrons. The van der Waals surface area contributed by atoms with Crippen molar-refractivity contribution in [3.63, 3.8) is 0 Å². The molecule has 0 amide bonds. The number of ether oxygens (including phenoxy) is 1. The number of carboxylic acid groups (broad SMARTS) is 1. The van der Waals surface area contributed by atoms with E-state index in [4.69, 9.17) is 4.74 Å². The molecule has 0 fully saturated rings. The molecule has 0 bridgehead atoms. The van der Waals surface area contributed by atoms with Crippen LogP contribution in [0.15, 0.2) is 60.8 Å². The Balaban J connectivity index is 2.03. The lowest BCUT2D eigenvalue weighted by Gasteiger charge is -2.16. The summed E-state index contributed by atoms with van der Waals surface area (Å²) in [6, 6.07) is 17.0. The highest BCUT2D eigenvalue weighted by Gasteiger charge is 2.20. The van der Waals surface area contributed by atoms with Gasteiger partial charge in [0.2, 0.25) is 0 Å². The maximum Gasteiger partial charge on any atom is 0.340 e. The number of carboxylic acids is 1. The fourth-order valence-electron chi connectivity index (χ4n) is 2.75. The first-order valence-electron chi connectivity index (χ1n) is 8.03. The summed E-state index contributed by atoms with van der Waals surface area (Å²) >= 11 is 0. The molecule has 2 aromatic carbocycles. The van der Waals surface area contributed by atoms with Crippen LogP contribution in [0.5, 0.6) is 5.75 Å². The third-order valence-corrected chi connectivity index (χ3v) is 4.12. The van der Waals surface area contributed by atoms with E-state index in [2.05, 4.69) is 4.98 Å². The quantitative estimate of drug-likeness (QED) is 0.739. The molecule has 0 saturated heterocycles. The molecule has 25 heavy (non-hydrogen) atoms. The molecule has 0 saturated carbocycles. The SMILES string of the molecule is Cc1cccnc1COc1c(C)ccc(-c2ccccc2)c1C(=O)O. The summed E-state index contributed by atoms with van der Waals surface area (Å²) in [5.74, 6) is -0.616. The second-order valence-electron chi connectivity index (χ2n) is 5.86. The minimum absolute atomic E-state index is 0.180. The Bertz CT molecular complexity index is 904. The van der Waals surface area contributed by atoms with E-state index in [1.165, 1.54) is 0 Å². The van der Waals surface area contributed by atoms with Gasteiger partial charge in [0.25, 0.3) is 0 Å². The second-order valence-corrected chi connectivity index (χ2v) is 5.86. The summed E-state index contributed by atoms with van der Waals surface area (Å²) in [5, 5.41) is 9.79. The smallest absolute Gasteiger partial charge is 0.340 e. The first kappa shape index (κ1) is 16.7. The number of benzene rings is 2. The van der Waals surface area contributed by atoms with Crippen LogP contribution in [0.1, 0.15) is 27.2 Å². The maximum atomic E-state index is 12.0. The number of hydrogen-bond donors (Lipinski definition) is 1. The zero-order chi connectivity index (χ0) is 17.8. The zero-order valence-corrected chi connectivity index (χ0v) is 14.2. The molecule has 126 valence electrons. The van der Waals surface area contributed by atoms with Crippen LogP contribution in [0.25, 0.3) is 11.1 Å². The number of aromatic nitrogens is 1. The summed E-state index contributed by atoms with van der Waals surface area (Å²) in [5.41, 5.74) is 4.26. The third-order valence-electron chi connectivity index (χ3n) is 4.12. The Morgan fingerprint density at radius 2 is 1.76 bits per heavy atom. The average molecular weight is 333 g/mol. The molecule has 0 atom stereocenters. The summed E-state index contributed by atoms with van der Waals surface area (Å²) < 4.78 is 5.91. The molecule has 0 aliphatic heterocycles. The van der Waals surface area contributed by atoms with Crippen LogP contribution in [0.2, 0.25) is 0 Å². The van der Waals surface area contributed by atoms with E-state index in [9.17, 15) is 9.90 Å². The van der Waals surface area contributed by atoms with Crippen LogP contribution < -0.4 is 4.74 Å². The van der Waals surface area contributed by atoms with Gasteiger partial charge in [0.15, 0.2) is 0 Å². The monoisotopic (exact) mass is 333 g/mol. The Morgan fingerprint density at radius 3 is 2.44 bits per heavy atom. The maximum absolute atomic E-state index is 12.0. The topological polar surface area (TPSA) is 59.4 Å². The van der Waals surface area contributed by atoms with Crippen LogP contribution in [0.4, 0.5) is 0 Å². The molecule has 4 heteroatoms. The van der Waals surface area contributed by atoms with E-state index in [1.54, 1.807) is 6.20 Å². The molecule has 0 spiro atoms. The number of aromatic carboxylic acids is 1. The van der Waals surface area contributed by atoms with E-state index in [0.717, 1.165) is 22.4 Å². The zero-order valence-electron chi connectivity index (χ0n) is 14.2. The third kappa shape index (κ3) is 3.53. The standard InChI is InChI=1S/C21H19NO3/c1-14-7-6-12-22-18(14)13-25-20-15(2)10-11-17(19(20)21(23)24)16-8-4-3-5-9-16/h3-12H,13H2,1-2H3,(H,23,24). The van der Waals surface area contributed by atoms with Gasteiger partial charge in [-0.05, 0) is 42.2 Å². The van der Waals surface area contributed by atoms with Crippen LogP contribution in [-0.2, 0) is 6.61 Å². The second kappa shape index (κ2) is 7.18. The van der Waals surface area contributed by atoms with Crippen molar-refractivity contribution in [2.24, 2.45) is 0 Å². The van der Waals surface area contributed by atoms with Crippen LogP contribution in [-0.4, -0.2) is 16.1 Å². The lowest BCUT2D eigenvalue weighted by atomic mass is 9.96. The Kier molecular flexibility index (Phi) is 4.80. The molecule has 3 aromatic rings. The highest BCUT2D eigenvalue weighted by atomic mass is 16.5. The molecular formula is C21H19NO3. The molecule has 3 rings (SSSR count). The predicted octanol–water partition coefficient (Wildman–Crippen LogP) is 4.64. The van der Waals surface area contributed by atoms with Gasteiger partial charge in [-0.3, -0.25) is 4.98 Å². The fraction of sp³-hybridized carbons (Fsp3) is 0.143. The summed E-state index contributed by atoms with van der Waals surface area (Å²) in [6.07, 6.45) is 1.71. The Labute approximate surface area is 146 Å². The summed E-state index contributed by atoms with van der Waals surface area (Å²) in [7, 11) is 0. The first-order chi connectivity index (χ1) is 12.1. The van der Waals surface area contributed by atoms with Gasteiger partial charge in [-0.15, -0.1) is 0 Å². The van der Waals surface area contributed by atoms with Crippen LogP contribution in [0.3, 0.4) is 0 Å². The van der Waals surface area contributed by atoms with Crippen molar-refractivity contribution in [1.82, 2.24) is 4.98 Å². The minimum atomic E-state index is -1.00. The van der Waals surface area contributed by atoms with E-state index < -0.39 is 5.97 Å². The normalized spacial score (nSPS) is 10.5. The number of aryl methyl sites for hydroxylation is 2. The van der Waals surface area contributed by atoms with Gasteiger partial charge in [0, 0.05) is 6.20 Å². The fourth-order valence-corrected chi connectivity index (χ4v) is 2.75. The average Bonchev–Trinajstić information content (AvgIpc) is 2.62. The molecule has 0 aliphatic rings. The molecule has 1 heterocycles. The van der Waals surface area contributed by atoms with E-state index >= 15 is 0 Å². The van der Waals surface area contributed by atoms with E-state index in [-0.39, 0.29) is 12.2 Å². The molecule has 0 aliphatic carbocycles. The highest BCUT2D eigenvalue weighted by molar-refractivity contribution is 5.99. The highest BCUT2D eigenvalue weighted by Crippen LogP contribution is 2.34. The largest absolute Gasteiger partial charge is 0.486 e. The minimum Gasteiger partial charge on any atom is -0.486 e. The van der Waals surface area contributed by atoms with Gasteiger partial charge in [-0.2, -0.15) is 0 Å². The van der Waals surface area contributed by atoms with Crippen molar-refractivity contribution < 1.29 is 14.6 Å². The first-order valence-corrected chi connectivity index (χ1v) is 8.03. The molecule has 4 nitrogen and oxygen atoms in total. The van der Waals surface area contributed by atoms with Crippen molar-refractivity contribution in [3.8, 4) is 16.9 Å². The number of nitrogens with zero attached hydrogens (tertiary/aromatic N) is 1. The van der Waals surface area contributed by atoms with E-state index in [0.29, 0.717) is 11.3 Å². The number of hydrogen-bond acceptors (Lipinski definition) is 3. The lowest BCUT2D eigenvalue weighted by molar-refractivity contribution is 0.0692. The van der Waals surface area contributed by atoms with Crippen molar-refractivity contribution in [3.05, 3.63) is 83.2 Å². The number of carbonyl (C=O) groups is 1. The van der Waals surface area contributed by atoms with Gasteiger partial charge in [-0.25, -0.2) is 4.79 Å². The van der Waals surface area contributed by atoms with Crippen LogP contribution >= 0.6 is 0 Å². The van der Waals surface area contributed by atoms with Gasteiger partial charge >= 0.3 is 5.97 Å². The van der Waals surface area contributed by atoms with Crippen LogP contribution in [0, 0.1) is 13.8 Å². The molecule has 1 N–H and O–H groups in total. The van der Waals surface area contributed by atoms with Gasteiger partial charge in [0.05, 0.1) is 5.69 Å². The summed E-state index contributed by atoms with van der Waals surface area (Å²) in [6.45, 7) is 4.03. The van der Waals surface area contributed by atoms with Crippen molar-refractivity contribution >= 4 is 5.97 Å². The summed E-state index contributed by atoms with van der Waals surface area (Å²) in [4.78, 5) is 16.3. The molecule has 1 aromatic heterocycles. The van der Waals surface area contributed by atoms with E-state index in [1.807, 2.05) is 68.4 Å². The van der Waals surface area contributed by atoms with Crippen molar-refractivity contribution in [2.75, 3.05) is 0 Å². The molecule has 0 unspecified atom stereocenters. The lowest BCUT2D eigenvalue weighted by Crippen LogP contribution is -2.08. The van der Waals surface area contributed by atoms with Gasteiger partial charge in [-0.1, -0.05) is 48.5 Å². The van der Waals surface area contributed by atoms with Crippen molar-refractivity contribution in [2.45, 2.75) is 20.5 Å².